The average Bonchev–Trinajstić information content (AvgIpc) is 3.03. The highest BCUT2D eigenvalue weighted by Crippen LogP contribution is 2.21. The molecule has 0 saturated heterocycles. The van der Waals surface area contributed by atoms with Crippen LogP contribution < -0.4 is 16.0 Å². The lowest BCUT2D eigenvalue weighted by molar-refractivity contribution is -0.115. The molecule has 1 aromatic carbocycles. The Labute approximate surface area is 146 Å². The molecule has 0 bridgehead atoms. The molecule has 0 saturated carbocycles. The van der Waals surface area contributed by atoms with Crippen LogP contribution in [0.3, 0.4) is 0 Å². The Morgan fingerprint density at radius 2 is 2.00 bits per heavy atom. The van der Waals surface area contributed by atoms with Gasteiger partial charge >= 0.3 is 6.03 Å². The summed E-state index contributed by atoms with van der Waals surface area (Å²) >= 11 is 0. The van der Waals surface area contributed by atoms with Crippen LogP contribution in [0, 0.1) is 6.92 Å². The molecule has 1 heterocycles. The van der Waals surface area contributed by atoms with Gasteiger partial charge in [0, 0.05) is 31.1 Å². The maximum Gasteiger partial charge on any atom is 0.323 e. The number of hydrogen-bond acceptors (Lipinski definition) is 4. The fourth-order valence-electron chi connectivity index (χ4n) is 2.10. The maximum absolute atomic E-state index is 12.2. The minimum absolute atomic E-state index is 0.0808. The lowest BCUT2D eigenvalue weighted by Gasteiger charge is -2.11. The van der Waals surface area contributed by atoms with E-state index in [0.717, 1.165) is 5.56 Å². The molecule has 8 nitrogen and oxygen atoms in total. The molecule has 2 aromatic rings. The smallest absolute Gasteiger partial charge is 0.323 e. The number of benzene rings is 1. The number of nitrogens with zero attached hydrogens (tertiary/aromatic N) is 2. The first kappa shape index (κ1) is 18.5. The van der Waals surface area contributed by atoms with Crippen LogP contribution in [0.25, 0.3) is 0 Å². The van der Waals surface area contributed by atoms with Crippen molar-refractivity contribution in [1.29, 1.82) is 0 Å². The quantitative estimate of drug-likeness (QED) is 0.719. The van der Waals surface area contributed by atoms with E-state index in [9.17, 15) is 9.59 Å². The van der Waals surface area contributed by atoms with Gasteiger partial charge in [-0.05, 0) is 24.6 Å². The van der Waals surface area contributed by atoms with Crippen LogP contribution in [0.5, 0.6) is 0 Å². The molecule has 1 aromatic heterocycles. The van der Waals surface area contributed by atoms with Gasteiger partial charge in [0.2, 0.25) is 5.91 Å². The Hall–Kier alpha value is -2.87. The molecule has 3 N–H and O–H groups in total. The summed E-state index contributed by atoms with van der Waals surface area (Å²) in [6, 6.07) is 4.98. The van der Waals surface area contributed by atoms with Crippen molar-refractivity contribution in [3.8, 4) is 0 Å². The summed E-state index contributed by atoms with van der Waals surface area (Å²) in [5.41, 5.74) is 2.74. The van der Waals surface area contributed by atoms with Crippen LogP contribution in [0.4, 0.5) is 21.9 Å². The number of carbonyl (C=O) groups excluding carboxylic acids is 2. The van der Waals surface area contributed by atoms with Gasteiger partial charge in [0.15, 0.2) is 0 Å². The summed E-state index contributed by atoms with van der Waals surface area (Å²) in [7, 11) is 1.62. The van der Waals surface area contributed by atoms with E-state index in [1.165, 1.54) is 0 Å². The van der Waals surface area contributed by atoms with Gasteiger partial charge in [-0.1, -0.05) is 13.0 Å². The van der Waals surface area contributed by atoms with Gasteiger partial charge in [0.25, 0.3) is 0 Å². The molecule has 8 heteroatoms. The van der Waals surface area contributed by atoms with E-state index in [4.69, 9.17) is 4.74 Å². The molecule has 0 aliphatic heterocycles. The van der Waals surface area contributed by atoms with Crippen molar-refractivity contribution < 1.29 is 14.3 Å². The Kier molecular flexibility index (Phi) is 6.53. The van der Waals surface area contributed by atoms with Crippen LogP contribution in [-0.2, 0) is 16.1 Å². The third kappa shape index (κ3) is 5.61. The number of anilines is 3. The monoisotopic (exact) mass is 345 g/mol. The first-order chi connectivity index (χ1) is 12.0. The van der Waals surface area contributed by atoms with E-state index in [1.54, 1.807) is 43.2 Å². The molecule has 0 atom stereocenters. The number of urea groups is 1. The minimum atomic E-state index is -0.381. The highest BCUT2D eigenvalue weighted by atomic mass is 16.5. The molecule has 2 rings (SSSR count). The number of aromatic nitrogens is 2. The van der Waals surface area contributed by atoms with Gasteiger partial charge in [-0.3, -0.25) is 9.48 Å². The molecule has 0 fully saturated rings. The number of nitrogens with one attached hydrogen (secondary N) is 3. The average molecular weight is 345 g/mol. The SMILES string of the molecule is CCC(=O)Nc1ccc(C)c(NC(=O)Nc2cnn(CCOC)c2)c1. The second-order valence-electron chi connectivity index (χ2n) is 5.50. The number of ether oxygens (including phenoxy) is 1. The Morgan fingerprint density at radius 1 is 1.20 bits per heavy atom. The van der Waals surface area contributed by atoms with Crippen LogP contribution >= 0.6 is 0 Å². The van der Waals surface area contributed by atoms with E-state index < -0.39 is 0 Å². The molecule has 0 radical (unpaired) electrons. The minimum Gasteiger partial charge on any atom is -0.383 e. The summed E-state index contributed by atoms with van der Waals surface area (Å²) < 4.78 is 6.67. The van der Waals surface area contributed by atoms with Gasteiger partial charge < -0.3 is 20.7 Å². The molecule has 3 amide bonds. The van der Waals surface area contributed by atoms with Gasteiger partial charge in [0.05, 0.1) is 25.0 Å². The number of methoxy groups -OCH3 is 1. The molecule has 0 aliphatic rings. The predicted molar refractivity (Wildman–Crippen MR) is 96.8 cm³/mol. The number of rotatable bonds is 7. The highest BCUT2D eigenvalue weighted by molar-refractivity contribution is 6.00. The molecule has 25 heavy (non-hydrogen) atoms. The van der Waals surface area contributed by atoms with Gasteiger partial charge in [0.1, 0.15) is 0 Å². The lowest BCUT2D eigenvalue weighted by Crippen LogP contribution is -2.20. The van der Waals surface area contributed by atoms with Crippen molar-refractivity contribution in [3.05, 3.63) is 36.2 Å². The molecule has 0 aliphatic carbocycles. The molecule has 0 unspecified atom stereocenters. The molecule has 0 spiro atoms. The zero-order valence-corrected chi connectivity index (χ0v) is 14.6. The number of carbonyl (C=O) groups is 2. The molecular weight excluding hydrogens is 322 g/mol. The van der Waals surface area contributed by atoms with Gasteiger partial charge in [-0.25, -0.2) is 4.79 Å². The summed E-state index contributed by atoms with van der Waals surface area (Å²) in [5.74, 6) is -0.0808. The Bertz CT molecular complexity index is 742. The first-order valence-electron chi connectivity index (χ1n) is 8.01. The predicted octanol–water partition coefficient (Wildman–Crippen LogP) is 2.83. The lowest BCUT2D eigenvalue weighted by atomic mass is 10.2. The third-order valence-electron chi connectivity index (χ3n) is 3.51. The summed E-state index contributed by atoms with van der Waals surface area (Å²) in [6.45, 7) is 4.81. The third-order valence-corrected chi connectivity index (χ3v) is 3.51. The zero-order valence-electron chi connectivity index (χ0n) is 14.6. The number of amides is 3. The van der Waals surface area contributed by atoms with Crippen molar-refractivity contribution in [3.63, 3.8) is 0 Å². The van der Waals surface area contributed by atoms with Crippen molar-refractivity contribution >= 4 is 29.0 Å². The molecular formula is C17H23N5O3. The van der Waals surface area contributed by atoms with E-state index in [0.29, 0.717) is 36.6 Å². The van der Waals surface area contributed by atoms with E-state index in [-0.39, 0.29) is 11.9 Å². The van der Waals surface area contributed by atoms with Crippen LogP contribution in [0.1, 0.15) is 18.9 Å². The summed E-state index contributed by atoms with van der Waals surface area (Å²) in [5, 5.41) is 12.4. The van der Waals surface area contributed by atoms with Crippen molar-refractivity contribution in [2.45, 2.75) is 26.8 Å². The number of aryl methyl sites for hydroxylation is 1. The summed E-state index contributed by atoms with van der Waals surface area (Å²) in [4.78, 5) is 23.7. The van der Waals surface area contributed by atoms with Crippen LogP contribution in [0.2, 0.25) is 0 Å². The fourth-order valence-corrected chi connectivity index (χ4v) is 2.10. The van der Waals surface area contributed by atoms with E-state index in [1.807, 2.05) is 13.0 Å². The fraction of sp³-hybridized carbons (Fsp3) is 0.353. The Balaban J connectivity index is 1.98. The van der Waals surface area contributed by atoms with E-state index >= 15 is 0 Å². The van der Waals surface area contributed by atoms with Crippen molar-refractivity contribution in [2.24, 2.45) is 0 Å². The largest absolute Gasteiger partial charge is 0.383 e. The van der Waals surface area contributed by atoms with Crippen LogP contribution in [0.15, 0.2) is 30.6 Å². The summed E-state index contributed by atoms with van der Waals surface area (Å²) in [6.07, 6.45) is 3.69. The van der Waals surface area contributed by atoms with Crippen molar-refractivity contribution in [2.75, 3.05) is 29.7 Å². The number of hydrogen-bond donors (Lipinski definition) is 3. The Morgan fingerprint density at radius 3 is 2.72 bits per heavy atom. The first-order valence-corrected chi connectivity index (χ1v) is 8.01. The zero-order chi connectivity index (χ0) is 18.2. The van der Waals surface area contributed by atoms with Gasteiger partial charge in [-0.2, -0.15) is 5.10 Å². The standard InChI is InChI=1S/C17H23N5O3/c1-4-16(23)19-13-6-5-12(2)15(9-13)21-17(24)20-14-10-18-22(11-14)7-8-25-3/h5-6,9-11H,4,7-8H2,1-3H3,(H,19,23)(H2,20,21,24). The van der Waals surface area contributed by atoms with Crippen molar-refractivity contribution in [1.82, 2.24) is 9.78 Å². The molecule has 134 valence electrons. The highest BCUT2D eigenvalue weighted by Gasteiger charge is 2.08. The second-order valence-corrected chi connectivity index (χ2v) is 5.50. The maximum atomic E-state index is 12.2. The normalized spacial score (nSPS) is 10.4. The van der Waals surface area contributed by atoms with Gasteiger partial charge in [-0.15, -0.1) is 0 Å². The van der Waals surface area contributed by atoms with E-state index in [2.05, 4.69) is 21.0 Å². The van der Waals surface area contributed by atoms with Crippen LogP contribution in [-0.4, -0.2) is 35.4 Å². The topological polar surface area (TPSA) is 97.3 Å². The second kappa shape index (κ2) is 8.84.